The summed E-state index contributed by atoms with van der Waals surface area (Å²) in [4.78, 5) is 15.7. The Morgan fingerprint density at radius 1 is 1.50 bits per heavy atom. The number of carbonyl (C=O) groups is 1. The van der Waals surface area contributed by atoms with E-state index in [1.54, 1.807) is 19.1 Å². The summed E-state index contributed by atoms with van der Waals surface area (Å²) in [5.41, 5.74) is 0.959. The van der Waals surface area contributed by atoms with Crippen molar-refractivity contribution in [1.82, 2.24) is 15.2 Å². The van der Waals surface area contributed by atoms with Gasteiger partial charge in [-0.15, -0.1) is 0 Å². The average Bonchev–Trinajstić information content (AvgIpc) is 2.84. The Kier molecular flexibility index (Phi) is 4.24. The second-order valence-corrected chi connectivity index (χ2v) is 3.95. The Morgan fingerprint density at radius 2 is 2.30 bits per heavy atom. The highest BCUT2D eigenvalue weighted by molar-refractivity contribution is 6.02. The quantitative estimate of drug-likeness (QED) is 0.879. The molecule has 0 radical (unpaired) electrons. The molecule has 0 aromatic carbocycles. The van der Waals surface area contributed by atoms with Gasteiger partial charge in [-0.3, -0.25) is 9.89 Å². The maximum Gasteiger partial charge on any atom is 0.277 e. The Morgan fingerprint density at radius 3 is 2.95 bits per heavy atom. The minimum Gasteiger partial charge on any atom is -0.472 e. The van der Waals surface area contributed by atoms with Crippen LogP contribution in [0.2, 0.25) is 0 Å². The van der Waals surface area contributed by atoms with E-state index in [-0.39, 0.29) is 17.4 Å². The molecule has 0 spiro atoms. The number of aromatic amines is 1. The number of carbonyl (C=O) groups excluding carboxylic acids is 1. The van der Waals surface area contributed by atoms with Gasteiger partial charge in [0.1, 0.15) is 5.82 Å². The number of halogens is 2. The molecular formula is C12H12F2N4O2. The van der Waals surface area contributed by atoms with Crippen LogP contribution in [-0.2, 0) is 0 Å². The van der Waals surface area contributed by atoms with Crippen molar-refractivity contribution in [3.8, 4) is 5.88 Å². The summed E-state index contributed by atoms with van der Waals surface area (Å²) in [5, 5.41) is 8.94. The Balaban J connectivity index is 2.02. The zero-order chi connectivity index (χ0) is 14.5. The summed E-state index contributed by atoms with van der Waals surface area (Å²) in [6, 6.07) is 6.06. The molecule has 0 aliphatic carbocycles. The van der Waals surface area contributed by atoms with E-state index in [2.05, 4.69) is 20.5 Å². The third-order valence-electron chi connectivity index (χ3n) is 2.26. The van der Waals surface area contributed by atoms with Crippen molar-refractivity contribution in [3.63, 3.8) is 0 Å². The first kappa shape index (κ1) is 13.9. The second kappa shape index (κ2) is 6.09. The van der Waals surface area contributed by atoms with Gasteiger partial charge in [0.05, 0.1) is 0 Å². The fraction of sp³-hybridized carbons (Fsp3) is 0.250. The molecule has 1 amide bonds. The van der Waals surface area contributed by atoms with Gasteiger partial charge in [-0.25, -0.2) is 8.78 Å². The molecule has 106 valence electrons. The number of ether oxygens (including phenoxy) is 1. The van der Waals surface area contributed by atoms with Crippen LogP contribution in [-0.4, -0.2) is 34.1 Å². The molecule has 0 bridgehead atoms. The minimum absolute atomic E-state index is 0.0151. The summed E-state index contributed by atoms with van der Waals surface area (Å²) in [6.07, 6.45) is -2.58. The van der Waals surface area contributed by atoms with Gasteiger partial charge in [-0.2, -0.15) is 10.1 Å². The lowest BCUT2D eigenvalue weighted by Gasteiger charge is -2.06. The van der Waals surface area contributed by atoms with Crippen LogP contribution in [0, 0.1) is 6.92 Å². The highest BCUT2D eigenvalue weighted by Gasteiger charge is 2.11. The van der Waals surface area contributed by atoms with Crippen LogP contribution < -0.4 is 10.1 Å². The number of alkyl halides is 2. The van der Waals surface area contributed by atoms with E-state index in [0.29, 0.717) is 0 Å². The molecule has 2 aromatic rings. The van der Waals surface area contributed by atoms with Crippen LogP contribution in [0.5, 0.6) is 5.88 Å². The molecule has 0 aliphatic rings. The number of anilines is 1. The zero-order valence-corrected chi connectivity index (χ0v) is 10.6. The molecule has 2 aromatic heterocycles. The molecule has 0 atom stereocenters. The highest BCUT2D eigenvalue weighted by Crippen LogP contribution is 2.13. The van der Waals surface area contributed by atoms with Crippen LogP contribution in [0.15, 0.2) is 24.3 Å². The Hall–Kier alpha value is -2.51. The third-order valence-corrected chi connectivity index (χ3v) is 2.26. The van der Waals surface area contributed by atoms with Gasteiger partial charge in [0.25, 0.3) is 12.3 Å². The molecule has 0 saturated carbocycles. The molecule has 0 unspecified atom stereocenters. The molecular weight excluding hydrogens is 270 g/mol. The van der Waals surface area contributed by atoms with Crippen molar-refractivity contribution in [2.45, 2.75) is 13.3 Å². The highest BCUT2D eigenvalue weighted by atomic mass is 19.3. The molecule has 0 saturated heterocycles. The molecule has 2 rings (SSSR count). The topological polar surface area (TPSA) is 79.9 Å². The maximum atomic E-state index is 12.0. The van der Waals surface area contributed by atoms with Crippen molar-refractivity contribution in [2.24, 2.45) is 0 Å². The number of pyridine rings is 1. The van der Waals surface area contributed by atoms with E-state index in [1.165, 1.54) is 12.1 Å². The number of aryl methyl sites for hydroxylation is 1. The van der Waals surface area contributed by atoms with Gasteiger partial charge in [0.2, 0.25) is 5.88 Å². The Bertz CT molecular complexity index is 601. The van der Waals surface area contributed by atoms with Crippen molar-refractivity contribution in [1.29, 1.82) is 0 Å². The summed E-state index contributed by atoms with van der Waals surface area (Å²) < 4.78 is 28.8. The first-order valence-corrected chi connectivity index (χ1v) is 5.76. The van der Waals surface area contributed by atoms with E-state index < -0.39 is 18.9 Å². The first-order chi connectivity index (χ1) is 9.54. The number of nitrogens with zero attached hydrogens (tertiary/aromatic N) is 2. The van der Waals surface area contributed by atoms with Gasteiger partial charge in [0.15, 0.2) is 12.3 Å². The summed E-state index contributed by atoms with van der Waals surface area (Å²) in [5.74, 6) is -0.239. The van der Waals surface area contributed by atoms with E-state index in [4.69, 9.17) is 4.74 Å². The minimum atomic E-state index is -2.58. The zero-order valence-electron chi connectivity index (χ0n) is 10.6. The second-order valence-electron chi connectivity index (χ2n) is 3.95. The van der Waals surface area contributed by atoms with Gasteiger partial charge < -0.3 is 10.1 Å². The number of rotatable bonds is 5. The van der Waals surface area contributed by atoms with Gasteiger partial charge in [-0.05, 0) is 19.1 Å². The number of H-pyrrole nitrogens is 1. The lowest BCUT2D eigenvalue weighted by molar-refractivity contribution is 0.0796. The van der Waals surface area contributed by atoms with Gasteiger partial charge >= 0.3 is 0 Å². The molecule has 0 fully saturated rings. The van der Waals surface area contributed by atoms with Gasteiger partial charge in [-0.1, -0.05) is 6.07 Å². The number of aromatic nitrogens is 3. The summed E-state index contributed by atoms with van der Waals surface area (Å²) in [7, 11) is 0. The number of hydrogen-bond donors (Lipinski definition) is 2. The average molecular weight is 282 g/mol. The molecule has 2 heterocycles. The predicted octanol–water partition coefficient (Wildman–Crippen LogP) is 2.01. The Labute approximate surface area is 113 Å². The molecule has 8 heteroatoms. The molecule has 2 N–H and O–H groups in total. The maximum absolute atomic E-state index is 12.0. The van der Waals surface area contributed by atoms with Crippen molar-refractivity contribution in [3.05, 3.63) is 35.7 Å². The summed E-state index contributed by atoms with van der Waals surface area (Å²) in [6.45, 7) is 1.02. The molecule has 0 aliphatic heterocycles. The predicted molar refractivity (Wildman–Crippen MR) is 67.0 cm³/mol. The van der Waals surface area contributed by atoms with Crippen molar-refractivity contribution < 1.29 is 18.3 Å². The normalized spacial score (nSPS) is 10.6. The fourth-order valence-corrected chi connectivity index (χ4v) is 1.43. The molecule has 6 nitrogen and oxygen atoms in total. The first-order valence-electron chi connectivity index (χ1n) is 5.76. The van der Waals surface area contributed by atoms with Crippen LogP contribution in [0.4, 0.5) is 14.6 Å². The van der Waals surface area contributed by atoms with Crippen LogP contribution >= 0.6 is 0 Å². The van der Waals surface area contributed by atoms with E-state index in [0.717, 1.165) is 5.69 Å². The largest absolute Gasteiger partial charge is 0.472 e. The number of nitrogens with one attached hydrogen (secondary N) is 2. The van der Waals surface area contributed by atoms with Crippen molar-refractivity contribution >= 4 is 11.7 Å². The smallest absolute Gasteiger partial charge is 0.277 e. The van der Waals surface area contributed by atoms with Crippen molar-refractivity contribution in [2.75, 3.05) is 11.9 Å². The van der Waals surface area contributed by atoms with Crippen LogP contribution in [0.25, 0.3) is 0 Å². The lowest BCUT2D eigenvalue weighted by Crippen LogP contribution is -2.14. The fourth-order valence-electron chi connectivity index (χ4n) is 1.43. The van der Waals surface area contributed by atoms with Crippen LogP contribution in [0.1, 0.15) is 16.2 Å². The summed E-state index contributed by atoms with van der Waals surface area (Å²) >= 11 is 0. The molecule has 20 heavy (non-hydrogen) atoms. The van der Waals surface area contributed by atoms with Gasteiger partial charge in [0, 0.05) is 11.8 Å². The number of amides is 1. The monoisotopic (exact) mass is 282 g/mol. The van der Waals surface area contributed by atoms with Crippen LogP contribution in [0.3, 0.4) is 0 Å². The SMILES string of the molecule is Cc1cc(C(=O)Nc2cccc(OCC(F)F)n2)n[nH]1. The van der Waals surface area contributed by atoms with E-state index in [9.17, 15) is 13.6 Å². The third kappa shape index (κ3) is 3.74. The standard InChI is InChI=1S/C12H12F2N4O2/c1-7-5-8(18-17-7)12(19)16-10-3-2-4-11(15-10)20-6-9(13)14/h2-5,9H,6H2,1H3,(H,17,18)(H,15,16,19). The van der Waals surface area contributed by atoms with E-state index >= 15 is 0 Å². The lowest BCUT2D eigenvalue weighted by atomic mass is 10.3. The number of hydrogen-bond acceptors (Lipinski definition) is 4. The van der Waals surface area contributed by atoms with E-state index in [1.807, 2.05) is 0 Å².